The lowest BCUT2D eigenvalue weighted by Crippen LogP contribution is -2.37. The Bertz CT molecular complexity index is 541. The van der Waals surface area contributed by atoms with Gasteiger partial charge in [-0.25, -0.2) is 9.98 Å². The minimum Gasteiger partial charge on any atom is -0.376 e. The molecule has 0 saturated carbocycles. The lowest BCUT2D eigenvalue weighted by Gasteiger charge is -2.10. The average molecular weight is 279 g/mol. The van der Waals surface area contributed by atoms with Gasteiger partial charge in [0.2, 0.25) is 0 Å². The van der Waals surface area contributed by atoms with Crippen molar-refractivity contribution in [3.05, 3.63) is 23.5 Å². The Morgan fingerprint density at radius 3 is 3.42 bits per heavy atom. The zero-order valence-electron chi connectivity index (χ0n) is 10.6. The molecular formula is C12H17N5OS. The van der Waals surface area contributed by atoms with Gasteiger partial charge in [-0.05, 0) is 12.8 Å². The number of ether oxygens (including phenoxy) is 1. The van der Waals surface area contributed by atoms with Gasteiger partial charge in [-0.15, -0.1) is 11.3 Å². The standard InChI is InChI=1S/C12H17N5OS/c13-11(15-7-10-2-1-4-18-10)14-6-9-8-17-3-5-19-12(17)16-9/h3,5,8,10H,1-2,4,6-7H2,(H3,13,14,15). The van der Waals surface area contributed by atoms with Crippen LogP contribution in [0.1, 0.15) is 18.5 Å². The molecule has 0 aliphatic carbocycles. The Kier molecular flexibility index (Phi) is 3.65. The summed E-state index contributed by atoms with van der Waals surface area (Å²) in [5.41, 5.74) is 6.75. The third-order valence-corrected chi connectivity index (χ3v) is 3.86. The molecule has 1 aliphatic rings. The van der Waals surface area contributed by atoms with Gasteiger partial charge in [-0.3, -0.25) is 4.40 Å². The maximum Gasteiger partial charge on any atom is 0.193 e. The van der Waals surface area contributed by atoms with Crippen LogP contribution < -0.4 is 11.1 Å². The Labute approximate surface area is 115 Å². The van der Waals surface area contributed by atoms with E-state index in [9.17, 15) is 0 Å². The first-order valence-electron chi connectivity index (χ1n) is 6.38. The second kappa shape index (κ2) is 5.58. The number of imidazole rings is 1. The minimum atomic E-state index is 0.270. The first-order chi connectivity index (χ1) is 9.31. The lowest BCUT2D eigenvalue weighted by atomic mass is 10.2. The highest BCUT2D eigenvalue weighted by atomic mass is 32.1. The van der Waals surface area contributed by atoms with E-state index in [0.717, 1.165) is 36.6 Å². The quantitative estimate of drug-likeness (QED) is 0.646. The lowest BCUT2D eigenvalue weighted by molar-refractivity contribution is 0.114. The fourth-order valence-electron chi connectivity index (χ4n) is 2.10. The number of fused-ring (bicyclic) bond motifs is 1. The molecule has 3 N–H and O–H groups in total. The van der Waals surface area contributed by atoms with Crippen LogP contribution in [0, 0.1) is 0 Å². The van der Waals surface area contributed by atoms with E-state index in [-0.39, 0.29) is 6.10 Å². The molecule has 0 bridgehead atoms. The third-order valence-electron chi connectivity index (χ3n) is 3.09. The summed E-state index contributed by atoms with van der Waals surface area (Å²) in [5.74, 6) is 0.451. The minimum absolute atomic E-state index is 0.270. The van der Waals surface area contributed by atoms with Crippen molar-refractivity contribution >= 4 is 22.3 Å². The maximum absolute atomic E-state index is 5.82. The highest BCUT2D eigenvalue weighted by molar-refractivity contribution is 7.15. The Balaban J connectivity index is 1.51. The van der Waals surface area contributed by atoms with Crippen molar-refractivity contribution in [1.29, 1.82) is 0 Å². The monoisotopic (exact) mass is 279 g/mol. The van der Waals surface area contributed by atoms with Gasteiger partial charge in [0.25, 0.3) is 0 Å². The number of nitrogens with two attached hydrogens (primary N) is 1. The fourth-order valence-corrected chi connectivity index (χ4v) is 2.82. The molecule has 102 valence electrons. The van der Waals surface area contributed by atoms with Crippen LogP contribution in [0.2, 0.25) is 0 Å². The molecule has 7 heteroatoms. The number of thiazole rings is 1. The smallest absolute Gasteiger partial charge is 0.193 e. The van der Waals surface area contributed by atoms with Gasteiger partial charge in [0.1, 0.15) is 0 Å². The Morgan fingerprint density at radius 2 is 2.63 bits per heavy atom. The molecule has 0 spiro atoms. The summed E-state index contributed by atoms with van der Waals surface area (Å²) in [6.45, 7) is 2.08. The largest absolute Gasteiger partial charge is 0.376 e. The molecule has 1 fully saturated rings. The number of hydrogen-bond donors (Lipinski definition) is 2. The van der Waals surface area contributed by atoms with Crippen LogP contribution in [0.25, 0.3) is 4.96 Å². The van der Waals surface area contributed by atoms with E-state index in [0.29, 0.717) is 12.5 Å². The second-order valence-electron chi connectivity index (χ2n) is 4.54. The summed E-state index contributed by atoms with van der Waals surface area (Å²) in [6, 6.07) is 0. The van der Waals surface area contributed by atoms with Gasteiger partial charge in [-0.2, -0.15) is 0 Å². The van der Waals surface area contributed by atoms with Crippen LogP contribution >= 0.6 is 11.3 Å². The molecule has 0 amide bonds. The van der Waals surface area contributed by atoms with Gasteiger partial charge in [0, 0.05) is 30.9 Å². The van der Waals surface area contributed by atoms with Crippen molar-refractivity contribution < 1.29 is 4.74 Å². The van der Waals surface area contributed by atoms with Crippen LogP contribution in [0.3, 0.4) is 0 Å². The summed E-state index contributed by atoms with van der Waals surface area (Å²) in [7, 11) is 0. The molecule has 3 rings (SSSR count). The zero-order chi connectivity index (χ0) is 13.1. The Hall–Kier alpha value is -1.60. The summed E-state index contributed by atoms with van der Waals surface area (Å²) in [6.07, 6.45) is 6.46. The van der Waals surface area contributed by atoms with Gasteiger partial charge < -0.3 is 15.8 Å². The van der Waals surface area contributed by atoms with Crippen molar-refractivity contribution in [2.45, 2.75) is 25.5 Å². The van der Waals surface area contributed by atoms with E-state index < -0.39 is 0 Å². The Morgan fingerprint density at radius 1 is 1.68 bits per heavy atom. The van der Waals surface area contributed by atoms with Crippen LogP contribution in [0.15, 0.2) is 22.8 Å². The molecule has 0 aromatic carbocycles. The summed E-state index contributed by atoms with van der Waals surface area (Å²) >= 11 is 1.61. The molecule has 2 aromatic heterocycles. The van der Waals surface area contributed by atoms with Crippen LogP contribution in [0.4, 0.5) is 0 Å². The van der Waals surface area contributed by atoms with E-state index in [1.807, 2.05) is 22.2 Å². The number of aliphatic imine (C=N–C) groups is 1. The third kappa shape index (κ3) is 3.05. The molecular weight excluding hydrogens is 262 g/mol. The van der Waals surface area contributed by atoms with Crippen LogP contribution in [-0.2, 0) is 11.3 Å². The molecule has 19 heavy (non-hydrogen) atoms. The number of nitrogens with one attached hydrogen (secondary N) is 1. The average Bonchev–Trinajstić information content (AvgIpc) is 3.09. The maximum atomic E-state index is 5.82. The van der Waals surface area contributed by atoms with Crippen molar-refractivity contribution in [2.24, 2.45) is 10.7 Å². The highest BCUT2D eigenvalue weighted by Gasteiger charge is 2.14. The van der Waals surface area contributed by atoms with E-state index >= 15 is 0 Å². The topological polar surface area (TPSA) is 76.9 Å². The molecule has 2 aromatic rings. The summed E-state index contributed by atoms with van der Waals surface area (Å²) in [4.78, 5) is 9.72. The van der Waals surface area contributed by atoms with Crippen molar-refractivity contribution in [1.82, 2.24) is 14.7 Å². The van der Waals surface area contributed by atoms with Gasteiger partial charge >= 0.3 is 0 Å². The SMILES string of the molecule is NC(=NCc1cn2ccsc2n1)NCC1CCCO1. The molecule has 1 unspecified atom stereocenters. The summed E-state index contributed by atoms with van der Waals surface area (Å²) < 4.78 is 7.50. The van der Waals surface area contributed by atoms with Gasteiger partial charge in [-0.1, -0.05) is 0 Å². The summed E-state index contributed by atoms with van der Waals surface area (Å²) in [5, 5.41) is 5.10. The van der Waals surface area contributed by atoms with Gasteiger partial charge in [0.15, 0.2) is 10.9 Å². The molecule has 3 heterocycles. The van der Waals surface area contributed by atoms with E-state index in [1.54, 1.807) is 11.3 Å². The highest BCUT2D eigenvalue weighted by Crippen LogP contribution is 2.12. The van der Waals surface area contributed by atoms with E-state index in [1.165, 1.54) is 0 Å². The number of aromatic nitrogens is 2. The van der Waals surface area contributed by atoms with E-state index in [2.05, 4.69) is 15.3 Å². The van der Waals surface area contributed by atoms with E-state index in [4.69, 9.17) is 10.5 Å². The van der Waals surface area contributed by atoms with Crippen molar-refractivity contribution in [3.63, 3.8) is 0 Å². The molecule has 0 radical (unpaired) electrons. The number of rotatable bonds is 4. The zero-order valence-corrected chi connectivity index (χ0v) is 11.4. The predicted octanol–water partition coefficient (Wildman–Crippen LogP) is 0.979. The number of guanidine groups is 1. The normalized spacial score (nSPS) is 20.2. The second-order valence-corrected chi connectivity index (χ2v) is 5.42. The van der Waals surface area contributed by atoms with Crippen molar-refractivity contribution in [2.75, 3.05) is 13.2 Å². The van der Waals surface area contributed by atoms with Crippen LogP contribution in [-0.4, -0.2) is 34.6 Å². The first-order valence-corrected chi connectivity index (χ1v) is 7.26. The molecule has 1 saturated heterocycles. The fraction of sp³-hybridized carbons (Fsp3) is 0.500. The molecule has 1 atom stereocenters. The number of hydrogen-bond acceptors (Lipinski definition) is 4. The molecule has 1 aliphatic heterocycles. The number of nitrogens with zero attached hydrogens (tertiary/aromatic N) is 3. The van der Waals surface area contributed by atoms with Crippen LogP contribution in [0.5, 0.6) is 0 Å². The van der Waals surface area contributed by atoms with Gasteiger partial charge in [0.05, 0.1) is 18.3 Å². The van der Waals surface area contributed by atoms with Crippen molar-refractivity contribution in [3.8, 4) is 0 Å². The first kappa shape index (κ1) is 12.4. The predicted molar refractivity (Wildman–Crippen MR) is 75.4 cm³/mol. The molecule has 6 nitrogen and oxygen atoms in total.